The zero-order valence-corrected chi connectivity index (χ0v) is 46.9. The summed E-state index contributed by atoms with van der Waals surface area (Å²) in [4.78, 5) is 16.4. The number of phenolic OH excluding ortho intramolecular Hbond substituents is 1. The first-order valence-electron chi connectivity index (χ1n) is 23.2. The fourth-order valence-corrected chi connectivity index (χ4v) is 10.7. The second kappa shape index (κ2) is 26.1. The number of phenols is 1. The Morgan fingerprint density at radius 3 is 1.58 bits per heavy atom. The Labute approximate surface area is 483 Å². The molecular weight excluding hydrogens is 1100 g/mol. The van der Waals surface area contributed by atoms with Crippen LogP contribution in [-0.2, 0) is 33.1 Å². The normalized spacial score (nSPS) is 11.9. The van der Waals surface area contributed by atoms with Gasteiger partial charge in [-0.3, -0.25) is 18.9 Å². The van der Waals surface area contributed by atoms with E-state index in [0.717, 1.165) is 0 Å². The van der Waals surface area contributed by atoms with Gasteiger partial charge in [-0.25, -0.2) is 0 Å². The molecule has 4 N–H and O–H groups in total. The summed E-state index contributed by atoms with van der Waals surface area (Å²) in [6.07, 6.45) is 0.337. The molecule has 8 aromatic carbocycles. The van der Waals surface area contributed by atoms with Gasteiger partial charge in [-0.1, -0.05) is 116 Å². The number of rotatable bonds is 16. The van der Waals surface area contributed by atoms with Gasteiger partial charge in [0.05, 0.1) is 51.6 Å². The number of carbonyl (C=O) groups is 1. The third-order valence-electron chi connectivity index (χ3n) is 11.4. The van der Waals surface area contributed by atoms with Gasteiger partial charge in [0, 0.05) is 21.9 Å². The van der Waals surface area contributed by atoms with E-state index in [2.05, 4.69) is 30.8 Å². The fraction of sp³-hybridized carbons (Fsp3) is 0.148. The van der Waals surface area contributed by atoms with Crippen LogP contribution in [0.1, 0.15) is 54.7 Å². The summed E-state index contributed by atoms with van der Waals surface area (Å²) in [7, 11) is -9.27. The van der Waals surface area contributed by atoms with Crippen molar-refractivity contribution in [1.82, 2.24) is 0 Å². The first-order chi connectivity index (χ1) is 36.3. The van der Waals surface area contributed by atoms with E-state index in [1.807, 2.05) is 6.92 Å². The van der Waals surface area contributed by atoms with Crippen molar-refractivity contribution in [2.24, 2.45) is 25.4 Å². The van der Waals surface area contributed by atoms with E-state index < -0.39 is 53.3 Å². The molecule has 0 unspecified atom stereocenters. The van der Waals surface area contributed by atoms with E-state index in [0.29, 0.717) is 51.9 Å². The van der Waals surface area contributed by atoms with Crippen LogP contribution in [0, 0.1) is 0 Å². The number of hydrogen-bond acceptors (Lipinski definition) is 15. The molecule has 8 rings (SSSR count). The van der Waals surface area contributed by atoms with Crippen LogP contribution in [0.2, 0.25) is 10.0 Å². The molecule has 1 amide bonds. The van der Waals surface area contributed by atoms with Crippen LogP contribution in [0.15, 0.2) is 169 Å². The predicted molar refractivity (Wildman–Crippen MR) is 294 cm³/mol. The van der Waals surface area contributed by atoms with Crippen LogP contribution in [-0.4, -0.2) is 93.8 Å². The molecule has 392 valence electrons. The molecular formula is C54H46CaCl2N6O12S2. The minimum absolute atomic E-state index is 0. The van der Waals surface area contributed by atoms with Crippen LogP contribution in [0.5, 0.6) is 23.0 Å². The third-order valence-corrected chi connectivity index (χ3v) is 14.2. The van der Waals surface area contributed by atoms with Crippen molar-refractivity contribution in [3.63, 3.8) is 0 Å². The minimum atomic E-state index is -4.64. The van der Waals surface area contributed by atoms with Crippen molar-refractivity contribution in [3.05, 3.63) is 166 Å². The summed E-state index contributed by atoms with van der Waals surface area (Å²) in [5.74, 6) is -1.60. The summed E-state index contributed by atoms with van der Waals surface area (Å²) >= 11 is 12.1. The Bertz CT molecular complexity index is 3860. The average Bonchev–Trinajstić information content (AvgIpc) is 3.38. The number of fused-ring (bicyclic) bond motifs is 2. The number of halogens is 2. The van der Waals surface area contributed by atoms with Crippen LogP contribution in [0.4, 0.5) is 34.1 Å². The largest absolute Gasteiger partial charge is 2.00 e. The van der Waals surface area contributed by atoms with E-state index >= 15 is 0 Å². The van der Waals surface area contributed by atoms with Crippen LogP contribution in [0.3, 0.4) is 0 Å². The number of nitrogens with one attached hydrogen (secondary N) is 1. The summed E-state index contributed by atoms with van der Waals surface area (Å²) in [6, 6.07) is 35.9. The second-order valence-corrected chi connectivity index (χ2v) is 19.7. The van der Waals surface area contributed by atoms with Gasteiger partial charge in [0.15, 0.2) is 5.75 Å². The summed E-state index contributed by atoms with van der Waals surface area (Å²) in [5.41, 5.74) is 0.867. The average molecular weight is 1150 g/mol. The first-order valence-corrected chi connectivity index (χ1v) is 26.8. The number of nitrogens with zero attached hydrogens (tertiary/aromatic N) is 5. The second-order valence-electron chi connectivity index (χ2n) is 16.2. The van der Waals surface area contributed by atoms with Crippen LogP contribution < -0.4 is 25.0 Å². The molecule has 0 fully saturated rings. The summed E-state index contributed by atoms with van der Waals surface area (Å²) in [6.45, 7) is 7.75. The van der Waals surface area contributed by atoms with E-state index in [-0.39, 0.29) is 111 Å². The number of azo groups is 2. The van der Waals surface area contributed by atoms with Gasteiger partial charge in [-0.2, -0.15) is 32.2 Å². The first kappa shape index (κ1) is 59.5. The molecule has 0 aliphatic carbocycles. The molecule has 0 atom stereocenters. The Hall–Kier alpha value is -6.72. The van der Waals surface area contributed by atoms with Gasteiger partial charge >= 0.3 is 37.7 Å². The number of anilines is 1. The van der Waals surface area contributed by atoms with E-state index in [1.54, 1.807) is 124 Å². The Kier molecular flexibility index (Phi) is 20.2. The minimum Gasteiger partial charge on any atom is -0.871 e. The zero-order chi connectivity index (χ0) is 54.9. The SMILES string of the molecule is CCOc1ccccc1N=C([O-])c1cc2ccccc2c(N=Nc2ccc(Cl)c(S(=O)(=O)O)c2CC)c1[O-].CCOc1ccccc1NC(=O)c1cc2ccccc2c(N=Nc2ccc(Cl)c(S(=O)(=O)O)c2CC)c1O.[Ca+2]. The third kappa shape index (κ3) is 13.7. The number of aliphatic imine (C=N–C) groups is 1. The smallest absolute Gasteiger partial charge is 0.871 e. The van der Waals surface area contributed by atoms with Gasteiger partial charge in [-0.15, -0.1) is 5.11 Å². The molecule has 0 saturated carbocycles. The van der Waals surface area contributed by atoms with Gasteiger partial charge in [0.25, 0.3) is 26.1 Å². The molecule has 18 nitrogen and oxygen atoms in total. The maximum Gasteiger partial charge on any atom is 2.00 e. The van der Waals surface area contributed by atoms with Gasteiger partial charge in [0.2, 0.25) is 0 Å². The van der Waals surface area contributed by atoms with E-state index in [1.165, 1.54) is 30.3 Å². The maximum atomic E-state index is 13.5. The standard InChI is InChI=1S/2C27H24ClN3O6S.Ca/c2*1-3-17-21(14-13-20(28)26(17)38(34,35)36)30-31-24-18-10-6-5-9-16(18)15-19(25(24)32)27(33)29-22-11-7-8-12-23(22)37-4-2;/h2*5-15,32H,3-4H2,1-2H3,(H,29,33)(H,34,35,36);/q;;+2/p-2. The quantitative estimate of drug-likeness (QED) is 0.0231. The summed E-state index contributed by atoms with van der Waals surface area (Å²) < 4.78 is 78.1. The zero-order valence-electron chi connectivity index (χ0n) is 41.6. The topological polar surface area (TPSA) is 284 Å². The number of carbonyl (C=O) groups excluding carboxylic acids is 1. The number of amides is 1. The Balaban J connectivity index is 0.000000246. The number of benzene rings is 8. The predicted octanol–water partition coefficient (Wildman–Crippen LogP) is 12.3. The number of hydrogen-bond donors (Lipinski definition) is 4. The molecule has 23 heteroatoms. The van der Waals surface area contributed by atoms with Crippen molar-refractivity contribution >= 4 is 149 Å². The van der Waals surface area contributed by atoms with Crippen molar-refractivity contribution in [2.75, 3.05) is 18.5 Å². The number of aromatic hydroxyl groups is 1. The number of ether oxygens (including phenoxy) is 2. The van der Waals surface area contributed by atoms with Gasteiger partial charge in [-0.05, 0) is 110 Å². The van der Waals surface area contributed by atoms with E-state index in [4.69, 9.17) is 32.7 Å². The van der Waals surface area contributed by atoms with Crippen molar-refractivity contribution in [3.8, 4) is 23.0 Å². The molecule has 0 bridgehead atoms. The van der Waals surface area contributed by atoms with Crippen molar-refractivity contribution < 1.29 is 55.5 Å². The molecule has 0 aliphatic heterocycles. The van der Waals surface area contributed by atoms with E-state index in [9.17, 15) is 46.1 Å². The molecule has 0 saturated heterocycles. The maximum absolute atomic E-state index is 13.5. The Morgan fingerprint density at radius 2 is 1.05 bits per heavy atom. The van der Waals surface area contributed by atoms with Gasteiger partial charge < -0.3 is 30.1 Å². The van der Waals surface area contributed by atoms with Crippen molar-refractivity contribution in [1.29, 1.82) is 0 Å². The summed E-state index contributed by atoms with van der Waals surface area (Å²) in [5, 5.41) is 59.0. The van der Waals surface area contributed by atoms with Crippen molar-refractivity contribution in [2.45, 2.75) is 50.3 Å². The molecule has 0 heterocycles. The number of para-hydroxylation sites is 4. The molecule has 0 aliphatic rings. The Morgan fingerprint density at radius 1 is 0.597 bits per heavy atom. The molecule has 0 radical (unpaired) electrons. The molecule has 0 aromatic heterocycles. The molecule has 77 heavy (non-hydrogen) atoms. The molecule has 8 aromatic rings. The molecule has 0 spiro atoms. The van der Waals surface area contributed by atoms with Crippen LogP contribution >= 0.6 is 23.2 Å². The van der Waals surface area contributed by atoms with Crippen LogP contribution in [0.25, 0.3) is 21.5 Å². The monoisotopic (exact) mass is 1140 g/mol. The fourth-order valence-electron chi connectivity index (χ4n) is 8.01. The van der Waals surface area contributed by atoms with Gasteiger partial charge in [0.1, 0.15) is 32.7 Å².